The van der Waals surface area contributed by atoms with E-state index in [-0.39, 0.29) is 16.9 Å². The molecular formula is C17H13FN2O2S. The van der Waals surface area contributed by atoms with Crippen molar-refractivity contribution in [2.75, 3.05) is 0 Å². The first-order chi connectivity index (χ1) is 11.1. The second-order valence-electron chi connectivity index (χ2n) is 4.88. The third-order valence-electron chi connectivity index (χ3n) is 3.16. The molecule has 2 N–H and O–H groups in total. The fourth-order valence-electron chi connectivity index (χ4n) is 2.00. The SMILES string of the molecule is N=C1NC(=O)/C(=C\c2ccc(OCc3ccc(F)cc3)cc2)S1. The van der Waals surface area contributed by atoms with Gasteiger partial charge in [0.05, 0.1) is 4.91 Å². The van der Waals surface area contributed by atoms with Gasteiger partial charge in [0.25, 0.3) is 5.91 Å². The van der Waals surface area contributed by atoms with Crippen LogP contribution in [0.25, 0.3) is 6.08 Å². The Labute approximate surface area is 136 Å². The van der Waals surface area contributed by atoms with Gasteiger partial charge in [0.2, 0.25) is 0 Å². The van der Waals surface area contributed by atoms with Crippen LogP contribution in [-0.4, -0.2) is 11.1 Å². The van der Waals surface area contributed by atoms with E-state index in [2.05, 4.69) is 5.32 Å². The third kappa shape index (κ3) is 3.98. The summed E-state index contributed by atoms with van der Waals surface area (Å²) in [6.07, 6.45) is 1.73. The van der Waals surface area contributed by atoms with Gasteiger partial charge in [0.1, 0.15) is 18.2 Å². The number of ether oxygens (including phenoxy) is 1. The van der Waals surface area contributed by atoms with Crippen LogP contribution < -0.4 is 10.1 Å². The van der Waals surface area contributed by atoms with E-state index in [0.29, 0.717) is 17.3 Å². The van der Waals surface area contributed by atoms with Gasteiger partial charge >= 0.3 is 0 Å². The molecule has 0 aliphatic carbocycles. The van der Waals surface area contributed by atoms with Gasteiger partial charge in [0, 0.05) is 0 Å². The Morgan fingerprint density at radius 2 is 1.83 bits per heavy atom. The van der Waals surface area contributed by atoms with Crippen LogP contribution in [0, 0.1) is 11.2 Å². The van der Waals surface area contributed by atoms with Gasteiger partial charge in [-0.2, -0.15) is 0 Å². The molecule has 0 aromatic heterocycles. The second-order valence-corrected chi connectivity index (χ2v) is 5.93. The molecule has 1 amide bonds. The zero-order chi connectivity index (χ0) is 16.2. The normalized spacial score (nSPS) is 15.8. The van der Waals surface area contributed by atoms with Crippen LogP contribution in [0.15, 0.2) is 53.4 Å². The van der Waals surface area contributed by atoms with E-state index in [1.54, 1.807) is 30.3 Å². The quantitative estimate of drug-likeness (QED) is 0.844. The van der Waals surface area contributed by atoms with Gasteiger partial charge in [-0.05, 0) is 53.2 Å². The zero-order valence-electron chi connectivity index (χ0n) is 12.0. The lowest BCUT2D eigenvalue weighted by Crippen LogP contribution is -2.18. The molecule has 1 aliphatic heterocycles. The third-order valence-corrected chi connectivity index (χ3v) is 3.99. The van der Waals surface area contributed by atoms with Crippen LogP contribution in [0.3, 0.4) is 0 Å². The average molecular weight is 328 g/mol. The van der Waals surface area contributed by atoms with Crippen molar-refractivity contribution in [2.24, 2.45) is 0 Å². The van der Waals surface area contributed by atoms with Crippen molar-refractivity contribution in [3.8, 4) is 5.75 Å². The van der Waals surface area contributed by atoms with Gasteiger partial charge in [-0.25, -0.2) is 4.39 Å². The average Bonchev–Trinajstić information content (AvgIpc) is 2.86. The smallest absolute Gasteiger partial charge is 0.264 e. The molecule has 3 rings (SSSR count). The van der Waals surface area contributed by atoms with Crippen LogP contribution in [0.2, 0.25) is 0 Å². The molecule has 4 nitrogen and oxygen atoms in total. The lowest BCUT2D eigenvalue weighted by molar-refractivity contribution is -0.115. The maximum Gasteiger partial charge on any atom is 0.264 e. The molecule has 116 valence electrons. The predicted octanol–water partition coefficient (Wildman–Crippen LogP) is 3.54. The molecule has 2 aromatic rings. The van der Waals surface area contributed by atoms with Crippen molar-refractivity contribution < 1.29 is 13.9 Å². The maximum absolute atomic E-state index is 12.8. The van der Waals surface area contributed by atoms with E-state index < -0.39 is 0 Å². The number of thioether (sulfide) groups is 1. The van der Waals surface area contributed by atoms with Crippen LogP contribution in [0.5, 0.6) is 5.75 Å². The first-order valence-corrected chi connectivity index (χ1v) is 7.68. The number of halogens is 1. The lowest BCUT2D eigenvalue weighted by atomic mass is 10.2. The van der Waals surface area contributed by atoms with Gasteiger partial charge < -0.3 is 10.1 Å². The largest absolute Gasteiger partial charge is 0.489 e. The number of rotatable bonds is 4. The van der Waals surface area contributed by atoms with E-state index in [9.17, 15) is 9.18 Å². The number of benzene rings is 2. The Bertz CT molecular complexity index is 770. The predicted molar refractivity (Wildman–Crippen MR) is 88.6 cm³/mol. The Morgan fingerprint density at radius 3 is 2.43 bits per heavy atom. The van der Waals surface area contributed by atoms with Crippen molar-refractivity contribution >= 4 is 28.9 Å². The highest BCUT2D eigenvalue weighted by atomic mass is 32.2. The van der Waals surface area contributed by atoms with Crippen LogP contribution in [0.1, 0.15) is 11.1 Å². The molecule has 0 saturated carbocycles. The highest BCUT2D eigenvalue weighted by Gasteiger charge is 2.21. The fourth-order valence-corrected chi connectivity index (χ4v) is 2.70. The summed E-state index contributed by atoms with van der Waals surface area (Å²) < 4.78 is 18.5. The molecular weight excluding hydrogens is 315 g/mol. The van der Waals surface area contributed by atoms with Crippen LogP contribution >= 0.6 is 11.8 Å². The number of carbonyl (C=O) groups is 1. The van der Waals surface area contributed by atoms with E-state index in [1.165, 1.54) is 12.1 Å². The highest BCUT2D eigenvalue weighted by Crippen LogP contribution is 2.25. The van der Waals surface area contributed by atoms with Gasteiger partial charge in [-0.15, -0.1) is 0 Å². The van der Waals surface area contributed by atoms with Gasteiger partial charge in [0.15, 0.2) is 5.17 Å². The fraction of sp³-hybridized carbons (Fsp3) is 0.0588. The summed E-state index contributed by atoms with van der Waals surface area (Å²) in [6.45, 7) is 0.357. The van der Waals surface area contributed by atoms with E-state index in [0.717, 1.165) is 22.9 Å². The Balaban J connectivity index is 1.63. The molecule has 23 heavy (non-hydrogen) atoms. The summed E-state index contributed by atoms with van der Waals surface area (Å²) in [5.74, 6) is 0.164. The topological polar surface area (TPSA) is 62.2 Å². The summed E-state index contributed by atoms with van der Waals surface area (Å²) in [6, 6.07) is 13.4. The summed E-state index contributed by atoms with van der Waals surface area (Å²) in [5, 5.41) is 9.97. The molecule has 2 aromatic carbocycles. The molecule has 0 unspecified atom stereocenters. The molecule has 1 heterocycles. The standard InChI is InChI=1S/C17H13FN2O2S/c18-13-5-1-12(2-6-13)10-22-14-7-3-11(4-8-14)9-15-16(21)20-17(19)23-15/h1-9H,10H2,(H2,19,20,21)/b15-9+. The number of amides is 1. The van der Waals surface area contributed by atoms with Crippen molar-refractivity contribution in [2.45, 2.75) is 6.61 Å². The number of hydrogen-bond donors (Lipinski definition) is 2. The number of nitrogens with one attached hydrogen (secondary N) is 2. The van der Waals surface area contributed by atoms with E-state index in [1.807, 2.05) is 12.1 Å². The van der Waals surface area contributed by atoms with Crippen LogP contribution in [0.4, 0.5) is 4.39 Å². The molecule has 1 aliphatic rings. The van der Waals surface area contributed by atoms with Gasteiger partial charge in [-0.1, -0.05) is 24.3 Å². The first-order valence-electron chi connectivity index (χ1n) is 6.87. The zero-order valence-corrected chi connectivity index (χ0v) is 12.8. The van der Waals surface area contributed by atoms with Crippen molar-refractivity contribution in [1.82, 2.24) is 5.32 Å². The minimum absolute atomic E-state index is 0.139. The molecule has 0 bridgehead atoms. The van der Waals surface area contributed by atoms with Crippen molar-refractivity contribution in [1.29, 1.82) is 5.41 Å². The minimum atomic E-state index is -0.270. The monoisotopic (exact) mass is 328 g/mol. The molecule has 1 fully saturated rings. The highest BCUT2D eigenvalue weighted by molar-refractivity contribution is 8.18. The van der Waals surface area contributed by atoms with Gasteiger partial charge in [-0.3, -0.25) is 10.2 Å². The Hall–Kier alpha value is -2.60. The lowest BCUT2D eigenvalue weighted by Gasteiger charge is -2.06. The molecule has 0 spiro atoms. The van der Waals surface area contributed by atoms with E-state index >= 15 is 0 Å². The molecule has 0 radical (unpaired) electrons. The summed E-state index contributed by atoms with van der Waals surface area (Å²) in [5.41, 5.74) is 1.74. The number of carbonyl (C=O) groups excluding carboxylic acids is 1. The van der Waals surface area contributed by atoms with Crippen molar-refractivity contribution in [3.63, 3.8) is 0 Å². The maximum atomic E-state index is 12.8. The van der Waals surface area contributed by atoms with E-state index in [4.69, 9.17) is 10.1 Å². The first kappa shape index (κ1) is 15.3. The Morgan fingerprint density at radius 1 is 1.13 bits per heavy atom. The molecule has 1 saturated heterocycles. The summed E-state index contributed by atoms with van der Waals surface area (Å²) in [4.78, 5) is 12.0. The summed E-state index contributed by atoms with van der Waals surface area (Å²) >= 11 is 1.10. The van der Waals surface area contributed by atoms with Crippen LogP contribution in [-0.2, 0) is 11.4 Å². The minimum Gasteiger partial charge on any atom is -0.489 e. The summed E-state index contributed by atoms with van der Waals surface area (Å²) in [7, 11) is 0. The Kier molecular flexibility index (Phi) is 4.43. The molecule has 0 atom stereocenters. The molecule has 6 heteroatoms. The van der Waals surface area contributed by atoms with Crippen molar-refractivity contribution in [3.05, 3.63) is 70.4 Å². The number of hydrogen-bond acceptors (Lipinski definition) is 4. The second kappa shape index (κ2) is 6.66. The number of amidine groups is 1.